The summed E-state index contributed by atoms with van der Waals surface area (Å²) in [6.45, 7) is 5.68. The molecule has 450 valence electrons. The van der Waals surface area contributed by atoms with Crippen LogP contribution in [-0.2, 0) is 23.8 Å². The second kappa shape index (κ2) is 54.2. The minimum absolute atomic E-state index is 0.111. The summed E-state index contributed by atoms with van der Waals surface area (Å²) in [4.78, 5) is 26.6. The molecule has 6 N–H and O–H groups in total. The van der Waals surface area contributed by atoms with E-state index in [-0.39, 0.29) is 13.0 Å². The van der Waals surface area contributed by atoms with E-state index >= 15 is 0 Å². The smallest absolute Gasteiger partial charge is 0.306 e. The van der Waals surface area contributed by atoms with Gasteiger partial charge in [0, 0.05) is 6.42 Å². The third-order valence-electron chi connectivity index (χ3n) is 15.3. The zero-order valence-electron chi connectivity index (χ0n) is 49.8. The van der Waals surface area contributed by atoms with Gasteiger partial charge in [-0.25, -0.2) is 0 Å². The highest BCUT2D eigenvalue weighted by molar-refractivity contribution is 5.80. The van der Waals surface area contributed by atoms with E-state index in [0.29, 0.717) is 19.3 Å². The van der Waals surface area contributed by atoms with Crippen molar-refractivity contribution in [2.24, 2.45) is 0 Å². The molecule has 1 saturated heterocycles. The number of aliphatic hydroxyl groups excluding tert-OH is 5. The predicted octanol–water partition coefficient (Wildman–Crippen LogP) is 15.6. The number of unbranched alkanes of at least 4 members (excludes halogenated alkanes) is 37. The zero-order valence-corrected chi connectivity index (χ0v) is 49.8. The first kappa shape index (κ1) is 72.6. The van der Waals surface area contributed by atoms with Gasteiger partial charge in [-0.15, -0.1) is 0 Å². The van der Waals surface area contributed by atoms with Crippen LogP contribution < -0.4 is 5.32 Å². The summed E-state index contributed by atoms with van der Waals surface area (Å²) in [7, 11) is 0. The van der Waals surface area contributed by atoms with Crippen LogP contribution >= 0.6 is 0 Å². The first-order valence-electron chi connectivity index (χ1n) is 32.4. The maximum absolute atomic E-state index is 13.4. The molecule has 0 radical (unpaired) electrons. The number of carbonyl (C=O) groups excluding carboxylic acids is 2. The van der Waals surface area contributed by atoms with Crippen LogP contribution in [0.3, 0.4) is 0 Å². The SMILES string of the molecule is CC/C=C/C=C/C=C/CCCCCCCCCC(=O)OC1C(OCC(NC(=O)C(O)CCCCCCCCCCCCCCCCCCCCCC)C(O)/C=C/CCCCCCCCCCCCC)OC(CO)C(O)C1O. The quantitative estimate of drug-likeness (QED) is 0.0149. The molecule has 1 aliphatic rings. The summed E-state index contributed by atoms with van der Waals surface area (Å²) in [5.74, 6) is -1.20. The van der Waals surface area contributed by atoms with Crippen LogP contribution in [0.2, 0.25) is 0 Å². The molecule has 0 saturated carbocycles. The summed E-state index contributed by atoms with van der Waals surface area (Å²) in [5.41, 5.74) is 0. The third kappa shape index (κ3) is 42.2. The first-order valence-corrected chi connectivity index (χ1v) is 32.4. The number of rotatable bonds is 55. The van der Waals surface area contributed by atoms with E-state index in [0.717, 1.165) is 89.9 Å². The number of ether oxygens (including phenoxy) is 3. The molecule has 0 bridgehead atoms. The number of hydrogen-bond donors (Lipinski definition) is 6. The lowest BCUT2D eigenvalue weighted by Crippen LogP contribution is -2.61. The monoisotopic (exact) mass is 1090 g/mol. The maximum Gasteiger partial charge on any atom is 0.306 e. The molecular weight excluding hydrogens is 967 g/mol. The minimum atomic E-state index is -1.62. The highest BCUT2D eigenvalue weighted by atomic mass is 16.7. The van der Waals surface area contributed by atoms with Crippen molar-refractivity contribution >= 4 is 11.9 Å². The fourth-order valence-corrected chi connectivity index (χ4v) is 10.2. The Morgan fingerprint density at radius 2 is 0.935 bits per heavy atom. The molecule has 1 heterocycles. The molecule has 0 spiro atoms. The lowest BCUT2D eigenvalue weighted by molar-refractivity contribution is -0.305. The van der Waals surface area contributed by atoms with Crippen molar-refractivity contribution in [2.75, 3.05) is 13.2 Å². The topological polar surface area (TPSA) is 175 Å². The van der Waals surface area contributed by atoms with Gasteiger partial charge in [0.2, 0.25) is 5.91 Å². The van der Waals surface area contributed by atoms with Crippen LogP contribution in [0, 0.1) is 0 Å². The molecule has 1 aliphatic heterocycles. The number of aliphatic hydroxyl groups is 5. The second-order valence-corrected chi connectivity index (χ2v) is 22.5. The molecule has 77 heavy (non-hydrogen) atoms. The van der Waals surface area contributed by atoms with E-state index < -0.39 is 67.4 Å². The molecule has 0 aromatic heterocycles. The van der Waals surface area contributed by atoms with Gasteiger partial charge < -0.3 is 45.1 Å². The van der Waals surface area contributed by atoms with Gasteiger partial charge in [0.25, 0.3) is 0 Å². The molecule has 11 heteroatoms. The molecule has 1 fully saturated rings. The van der Waals surface area contributed by atoms with Crippen molar-refractivity contribution in [3.63, 3.8) is 0 Å². The van der Waals surface area contributed by atoms with E-state index in [9.17, 15) is 35.1 Å². The Morgan fingerprint density at radius 1 is 0.519 bits per heavy atom. The summed E-state index contributed by atoms with van der Waals surface area (Å²) in [5, 5.41) is 57.1. The van der Waals surface area contributed by atoms with E-state index in [4.69, 9.17) is 14.2 Å². The van der Waals surface area contributed by atoms with Crippen LogP contribution in [0.5, 0.6) is 0 Å². The van der Waals surface area contributed by atoms with Crippen LogP contribution in [0.15, 0.2) is 48.6 Å². The standard InChI is InChI=1S/C66H121NO10/c1-4-7-10-13-16-19-22-25-27-28-29-30-31-33-35-38-41-44-47-50-53-59(70)65(74)67-57(58(69)52-49-46-43-40-37-34-24-21-18-15-12-9-6-3)56-75-66-64(63(73)62(72)60(55-68)76-66)77-61(71)54-51-48-45-42-39-36-32-26-23-20-17-14-11-8-5-2/h8,11,14,17,20,23,49,52,57-60,62-64,66,68-70,72-73H,4-7,9-10,12-13,15-16,18-19,21-22,24-48,50-51,53-56H2,1-3H3,(H,67,74)/b11-8+,17-14+,23-20+,52-49+. The Kier molecular flexibility index (Phi) is 51.1. The van der Waals surface area contributed by atoms with Gasteiger partial charge in [0.1, 0.15) is 24.4 Å². The van der Waals surface area contributed by atoms with Crippen molar-refractivity contribution in [2.45, 2.75) is 346 Å². The molecule has 1 rings (SSSR count). The Hall–Kier alpha value is -2.38. The largest absolute Gasteiger partial charge is 0.454 e. The van der Waals surface area contributed by atoms with Crippen molar-refractivity contribution in [3.05, 3.63) is 48.6 Å². The molecule has 8 atom stereocenters. The molecule has 0 aromatic carbocycles. The molecule has 0 aliphatic carbocycles. The van der Waals surface area contributed by atoms with Gasteiger partial charge >= 0.3 is 5.97 Å². The van der Waals surface area contributed by atoms with Crippen molar-refractivity contribution in [1.29, 1.82) is 0 Å². The molecular formula is C66H121NO10. The average Bonchev–Trinajstić information content (AvgIpc) is 3.43. The van der Waals surface area contributed by atoms with Gasteiger partial charge in [-0.05, 0) is 44.9 Å². The molecule has 11 nitrogen and oxygen atoms in total. The highest BCUT2D eigenvalue weighted by Gasteiger charge is 2.47. The third-order valence-corrected chi connectivity index (χ3v) is 15.3. The van der Waals surface area contributed by atoms with Gasteiger partial charge in [-0.1, -0.05) is 294 Å². The predicted molar refractivity (Wildman–Crippen MR) is 320 cm³/mol. The van der Waals surface area contributed by atoms with Gasteiger partial charge in [0.15, 0.2) is 12.4 Å². The van der Waals surface area contributed by atoms with E-state index in [1.54, 1.807) is 6.08 Å². The van der Waals surface area contributed by atoms with Crippen molar-refractivity contribution in [3.8, 4) is 0 Å². The van der Waals surface area contributed by atoms with Gasteiger partial charge in [0.05, 0.1) is 25.4 Å². The van der Waals surface area contributed by atoms with Crippen LogP contribution in [0.25, 0.3) is 0 Å². The van der Waals surface area contributed by atoms with Gasteiger partial charge in [-0.3, -0.25) is 9.59 Å². The lowest BCUT2D eigenvalue weighted by Gasteiger charge is -2.41. The summed E-state index contributed by atoms with van der Waals surface area (Å²) < 4.78 is 17.6. The van der Waals surface area contributed by atoms with E-state index in [1.807, 2.05) is 12.2 Å². The number of hydrogen-bond acceptors (Lipinski definition) is 10. The first-order chi connectivity index (χ1) is 37.7. The van der Waals surface area contributed by atoms with Crippen molar-refractivity contribution < 1.29 is 49.3 Å². The summed E-state index contributed by atoms with van der Waals surface area (Å²) >= 11 is 0. The Bertz CT molecular complexity index is 1440. The number of amides is 1. The Labute approximate surface area is 472 Å². The number of nitrogens with one attached hydrogen (secondary N) is 1. The number of allylic oxidation sites excluding steroid dienone is 7. The maximum atomic E-state index is 13.4. The van der Waals surface area contributed by atoms with E-state index in [2.05, 4.69) is 56.5 Å². The fourth-order valence-electron chi connectivity index (χ4n) is 10.2. The minimum Gasteiger partial charge on any atom is -0.454 e. The number of carbonyl (C=O) groups is 2. The van der Waals surface area contributed by atoms with Gasteiger partial charge in [-0.2, -0.15) is 0 Å². The average molecular weight is 1090 g/mol. The fraction of sp³-hybridized carbons (Fsp3) is 0.848. The second-order valence-electron chi connectivity index (χ2n) is 22.5. The van der Waals surface area contributed by atoms with Crippen molar-refractivity contribution in [1.82, 2.24) is 5.32 Å². The zero-order chi connectivity index (χ0) is 56.1. The molecule has 8 unspecified atom stereocenters. The normalized spacial score (nSPS) is 19.3. The summed E-state index contributed by atoms with van der Waals surface area (Å²) in [6, 6.07) is -1.02. The molecule has 0 aromatic rings. The van der Waals surface area contributed by atoms with Crippen LogP contribution in [0.1, 0.15) is 297 Å². The van der Waals surface area contributed by atoms with Crippen LogP contribution in [-0.4, -0.2) is 99.6 Å². The Morgan fingerprint density at radius 3 is 1.39 bits per heavy atom. The molecule has 1 amide bonds. The highest BCUT2D eigenvalue weighted by Crippen LogP contribution is 2.26. The lowest BCUT2D eigenvalue weighted by atomic mass is 9.99. The Balaban J connectivity index is 2.65. The van der Waals surface area contributed by atoms with E-state index in [1.165, 1.54) is 161 Å². The summed E-state index contributed by atoms with van der Waals surface area (Å²) in [6.07, 6.45) is 55.8. The number of esters is 1. The van der Waals surface area contributed by atoms with Crippen LogP contribution in [0.4, 0.5) is 0 Å².